The van der Waals surface area contributed by atoms with Crippen molar-refractivity contribution in [2.75, 3.05) is 0 Å². The molecule has 1 heterocycles. The van der Waals surface area contributed by atoms with Gasteiger partial charge in [0, 0.05) is 16.6 Å². The quantitative estimate of drug-likeness (QED) is 0.784. The molecule has 0 saturated carbocycles. The van der Waals surface area contributed by atoms with Gasteiger partial charge in [0.2, 0.25) is 0 Å². The zero-order valence-electron chi connectivity index (χ0n) is 12.4. The molecule has 0 aliphatic carbocycles. The van der Waals surface area contributed by atoms with Gasteiger partial charge in [-0.25, -0.2) is 4.68 Å². The summed E-state index contributed by atoms with van der Waals surface area (Å²) in [7, 11) is 0. The molecule has 2 N–H and O–H groups in total. The largest absolute Gasteiger partial charge is 0.399 e. The van der Waals surface area contributed by atoms with Crippen LogP contribution in [0, 0.1) is 0 Å². The Morgan fingerprint density at radius 2 is 1.95 bits per heavy atom. The van der Waals surface area contributed by atoms with Crippen LogP contribution >= 0.6 is 0 Å². The van der Waals surface area contributed by atoms with Gasteiger partial charge in [0.25, 0.3) is 0 Å². The zero-order chi connectivity index (χ0) is 15.0. The van der Waals surface area contributed by atoms with E-state index in [9.17, 15) is 0 Å². The van der Waals surface area contributed by atoms with E-state index in [1.807, 2.05) is 35.1 Å². The highest BCUT2D eigenvalue weighted by molar-refractivity contribution is 5.82. The van der Waals surface area contributed by atoms with Gasteiger partial charge >= 0.3 is 0 Å². The number of fused-ring (bicyclic) bond motifs is 1. The molecule has 0 fully saturated rings. The van der Waals surface area contributed by atoms with E-state index in [1.54, 1.807) is 0 Å². The molecule has 0 saturated heterocycles. The predicted octanol–water partition coefficient (Wildman–Crippen LogP) is 4.08. The third-order valence-corrected chi connectivity index (χ3v) is 3.74. The van der Waals surface area contributed by atoms with E-state index in [4.69, 9.17) is 5.73 Å². The fraction of sp³-hybridized carbons (Fsp3) is 0.167. The monoisotopic (exact) mass is 277 g/mol. The summed E-state index contributed by atoms with van der Waals surface area (Å²) in [5.74, 6) is 0.484. The molecule has 106 valence electrons. The summed E-state index contributed by atoms with van der Waals surface area (Å²) in [6.45, 7) is 8.24. The average molecular weight is 277 g/mol. The van der Waals surface area contributed by atoms with Crippen molar-refractivity contribution < 1.29 is 0 Å². The Bertz CT molecular complexity index is 812. The SMILES string of the molecule is C=C(N)c1ccccc1-n1ncc2ccc(C(C)C)cc21. The summed E-state index contributed by atoms with van der Waals surface area (Å²) in [6.07, 6.45) is 1.88. The Morgan fingerprint density at radius 1 is 1.19 bits per heavy atom. The maximum atomic E-state index is 5.91. The van der Waals surface area contributed by atoms with Gasteiger partial charge in [-0.3, -0.25) is 0 Å². The van der Waals surface area contributed by atoms with Gasteiger partial charge in [0.1, 0.15) is 0 Å². The van der Waals surface area contributed by atoms with E-state index < -0.39 is 0 Å². The standard InChI is InChI=1S/C18H19N3/c1-12(2)14-8-9-15-11-20-21(18(15)10-14)17-7-5-4-6-16(17)13(3)19/h4-12H,3,19H2,1-2H3. The summed E-state index contributed by atoms with van der Waals surface area (Å²) in [6, 6.07) is 14.4. The minimum atomic E-state index is 0.484. The second-order valence-electron chi connectivity index (χ2n) is 5.57. The maximum Gasteiger partial charge on any atom is 0.0745 e. The van der Waals surface area contributed by atoms with Crippen molar-refractivity contribution in [2.24, 2.45) is 5.73 Å². The van der Waals surface area contributed by atoms with E-state index in [-0.39, 0.29) is 0 Å². The number of nitrogens with two attached hydrogens (primary N) is 1. The van der Waals surface area contributed by atoms with Crippen LogP contribution in [0.3, 0.4) is 0 Å². The van der Waals surface area contributed by atoms with Gasteiger partial charge in [-0.1, -0.05) is 50.8 Å². The number of aromatic nitrogens is 2. The third kappa shape index (κ3) is 2.31. The van der Waals surface area contributed by atoms with Gasteiger partial charge in [-0.05, 0) is 23.6 Å². The Hall–Kier alpha value is -2.55. The van der Waals surface area contributed by atoms with Gasteiger partial charge in [-0.2, -0.15) is 5.10 Å². The molecule has 0 radical (unpaired) electrons. The van der Waals surface area contributed by atoms with Crippen molar-refractivity contribution in [3.05, 3.63) is 66.4 Å². The molecular formula is C18H19N3. The molecule has 0 aliphatic rings. The Morgan fingerprint density at radius 3 is 2.67 bits per heavy atom. The molecule has 3 heteroatoms. The first kappa shape index (κ1) is 13.4. The molecule has 3 aromatic rings. The molecule has 3 rings (SSSR count). The van der Waals surface area contributed by atoms with Crippen LogP contribution in [0.4, 0.5) is 0 Å². The van der Waals surface area contributed by atoms with E-state index in [0.29, 0.717) is 11.6 Å². The number of hydrogen-bond donors (Lipinski definition) is 1. The lowest BCUT2D eigenvalue weighted by atomic mass is 10.0. The van der Waals surface area contributed by atoms with Crippen LogP contribution in [0.25, 0.3) is 22.3 Å². The fourth-order valence-corrected chi connectivity index (χ4v) is 2.52. The van der Waals surface area contributed by atoms with Gasteiger partial charge in [0.15, 0.2) is 0 Å². The van der Waals surface area contributed by atoms with Crippen LogP contribution in [0.15, 0.2) is 55.2 Å². The summed E-state index contributed by atoms with van der Waals surface area (Å²) in [4.78, 5) is 0. The second-order valence-corrected chi connectivity index (χ2v) is 5.57. The third-order valence-electron chi connectivity index (χ3n) is 3.74. The number of nitrogens with zero attached hydrogens (tertiary/aromatic N) is 2. The number of hydrogen-bond acceptors (Lipinski definition) is 2. The summed E-state index contributed by atoms with van der Waals surface area (Å²) in [5, 5.41) is 5.65. The van der Waals surface area contributed by atoms with E-state index in [0.717, 1.165) is 22.2 Å². The number of para-hydroxylation sites is 1. The highest BCUT2D eigenvalue weighted by Gasteiger charge is 2.11. The molecule has 0 amide bonds. The van der Waals surface area contributed by atoms with Crippen LogP contribution < -0.4 is 5.73 Å². The smallest absolute Gasteiger partial charge is 0.0745 e. The maximum absolute atomic E-state index is 5.91. The van der Waals surface area contributed by atoms with Gasteiger partial charge in [0.05, 0.1) is 17.4 Å². The average Bonchev–Trinajstić information content (AvgIpc) is 2.89. The fourth-order valence-electron chi connectivity index (χ4n) is 2.52. The molecule has 0 spiro atoms. The van der Waals surface area contributed by atoms with Gasteiger partial charge < -0.3 is 5.73 Å². The van der Waals surface area contributed by atoms with Crippen molar-refractivity contribution in [2.45, 2.75) is 19.8 Å². The first-order valence-electron chi connectivity index (χ1n) is 7.10. The van der Waals surface area contributed by atoms with Gasteiger partial charge in [-0.15, -0.1) is 0 Å². The molecule has 21 heavy (non-hydrogen) atoms. The summed E-state index contributed by atoms with van der Waals surface area (Å²) >= 11 is 0. The van der Waals surface area contributed by atoms with Crippen molar-refractivity contribution in [3.8, 4) is 5.69 Å². The lowest BCUT2D eigenvalue weighted by Gasteiger charge is -2.11. The molecule has 0 atom stereocenters. The van der Waals surface area contributed by atoms with Crippen molar-refractivity contribution in [1.29, 1.82) is 0 Å². The second kappa shape index (κ2) is 5.09. The minimum absolute atomic E-state index is 0.484. The van der Waals surface area contributed by atoms with Crippen molar-refractivity contribution in [1.82, 2.24) is 9.78 Å². The molecular weight excluding hydrogens is 258 g/mol. The normalized spacial score (nSPS) is 11.2. The van der Waals surface area contributed by atoms with Crippen LogP contribution in [-0.2, 0) is 0 Å². The summed E-state index contributed by atoms with van der Waals surface area (Å²) in [5.41, 5.74) is 10.7. The lowest BCUT2D eigenvalue weighted by Crippen LogP contribution is -2.04. The van der Waals surface area contributed by atoms with E-state index in [2.05, 4.69) is 43.7 Å². The molecule has 0 aliphatic heterocycles. The topological polar surface area (TPSA) is 43.8 Å². The molecule has 3 nitrogen and oxygen atoms in total. The van der Waals surface area contributed by atoms with Crippen LogP contribution in [-0.4, -0.2) is 9.78 Å². The predicted molar refractivity (Wildman–Crippen MR) is 88.4 cm³/mol. The molecule has 1 aromatic heterocycles. The number of benzene rings is 2. The minimum Gasteiger partial charge on any atom is -0.399 e. The molecule has 0 unspecified atom stereocenters. The summed E-state index contributed by atoms with van der Waals surface area (Å²) < 4.78 is 1.94. The number of rotatable bonds is 3. The van der Waals surface area contributed by atoms with Crippen LogP contribution in [0.1, 0.15) is 30.9 Å². The Kier molecular flexibility index (Phi) is 3.26. The zero-order valence-corrected chi connectivity index (χ0v) is 12.4. The Labute approximate surface area is 124 Å². The highest BCUT2D eigenvalue weighted by atomic mass is 15.3. The van der Waals surface area contributed by atoms with Crippen LogP contribution in [0.2, 0.25) is 0 Å². The first-order valence-corrected chi connectivity index (χ1v) is 7.10. The lowest BCUT2D eigenvalue weighted by molar-refractivity contribution is 0.863. The van der Waals surface area contributed by atoms with E-state index in [1.165, 1.54) is 5.56 Å². The van der Waals surface area contributed by atoms with E-state index >= 15 is 0 Å². The van der Waals surface area contributed by atoms with Crippen molar-refractivity contribution in [3.63, 3.8) is 0 Å². The Balaban J connectivity index is 2.26. The highest BCUT2D eigenvalue weighted by Crippen LogP contribution is 2.26. The first-order chi connectivity index (χ1) is 10.1. The van der Waals surface area contributed by atoms with Crippen LogP contribution in [0.5, 0.6) is 0 Å². The molecule has 0 bridgehead atoms. The molecule has 2 aromatic carbocycles. The van der Waals surface area contributed by atoms with Crippen molar-refractivity contribution >= 4 is 16.6 Å².